The van der Waals surface area contributed by atoms with Crippen LogP contribution in [-0.4, -0.2) is 37.2 Å². The van der Waals surface area contributed by atoms with Crippen LogP contribution >= 0.6 is 11.6 Å². The van der Waals surface area contributed by atoms with Crippen LogP contribution in [0.2, 0.25) is 5.15 Å². The molecular formula is C10H12ClN3O2. The van der Waals surface area contributed by atoms with Gasteiger partial charge in [0.2, 0.25) is 0 Å². The van der Waals surface area contributed by atoms with Crippen molar-refractivity contribution in [3.05, 3.63) is 23.0 Å². The Morgan fingerprint density at radius 1 is 1.44 bits per heavy atom. The van der Waals surface area contributed by atoms with Crippen molar-refractivity contribution in [2.75, 3.05) is 31.2 Å². The summed E-state index contributed by atoms with van der Waals surface area (Å²) in [6.07, 6.45) is 0. The Hall–Kier alpha value is -1.33. The summed E-state index contributed by atoms with van der Waals surface area (Å²) in [6, 6.07) is 3.42. The third-order valence-electron chi connectivity index (χ3n) is 2.43. The number of ether oxygens (including phenoxy) is 1. The number of hydrogen-bond donors (Lipinski definition) is 1. The Labute approximate surface area is 98.1 Å². The number of hydrogen-bond acceptors (Lipinski definition) is 4. The molecule has 1 aromatic heterocycles. The summed E-state index contributed by atoms with van der Waals surface area (Å²) in [7, 11) is 0. The molecule has 1 aliphatic rings. The third kappa shape index (κ3) is 2.25. The number of primary amides is 1. The maximum Gasteiger partial charge on any atom is 0.269 e. The van der Waals surface area contributed by atoms with Crippen LogP contribution in [0.25, 0.3) is 0 Å². The average molecular weight is 242 g/mol. The van der Waals surface area contributed by atoms with Crippen LogP contribution in [0.1, 0.15) is 10.5 Å². The van der Waals surface area contributed by atoms with Crippen LogP contribution in [-0.2, 0) is 4.74 Å². The molecule has 0 atom stereocenters. The Bertz CT molecular complexity index is 405. The zero-order valence-corrected chi connectivity index (χ0v) is 9.41. The molecular weight excluding hydrogens is 230 g/mol. The molecule has 0 unspecified atom stereocenters. The predicted octanol–water partition coefficient (Wildman–Crippen LogP) is 0.670. The lowest BCUT2D eigenvalue weighted by molar-refractivity contribution is 0.0993. The number of nitrogens with zero attached hydrogens (tertiary/aromatic N) is 2. The van der Waals surface area contributed by atoms with Crippen molar-refractivity contribution in [2.24, 2.45) is 5.73 Å². The summed E-state index contributed by atoms with van der Waals surface area (Å²) in [6.45, 7) is 2.73. The quantitative estimate of drug-likeness (QED) is 0.773. The van der Waals surface area contributed by atoms with E-state index in [2.05, 4.69) is 4.98 Å². The van der Waals surface area contributed by atoms with Crippen molar-refractivity contribution < 1.29 is 9.53 Å². The summed E-state index contributed by atoms with van der Waals surface area (Å²) in [5, 5.41) is 0.269. The molecule has 0 saturated carbocycles. The minimum atomic E-state index is -0.566. The molecule has 6 heteroatoms. The van der Waals surface area contributed by atoms with Gasteiger partial charge in [-0.3, -0.25) is 4.79 Å². The van der Waals surface area contributed by atoms with E-state index in [0.717, 1.165) is 18.8 Å². The Morgan fingerprint density at radius 3 is 2.75 bits per heavy atom. The Balaban J connectivity index is 2.34. The molecule has 2 N–H and O–H groups in total. The molecule has 0 spiro atoms. The van der Waals surface area contributed by atoms with E-state index in [9.17, 15) is 4.79 Å². The molecule has 0 bridgehead atoms. The highest BCUT2D eigenvalue weighted by Gasteiger charge is 2.18. The first-order valence-corrected chi connectivity index (χ1v) is 5.35. The second-order valence-electron chi connectivity index (χ2n) is 3.47. The molecule has 1 fully saturated rings. The molecule has 2 heterocycles. The van der Waals surface area contributed by atoms with Gasteiger partial charge in [-0.2, -0.15) is 0 Å². The first-order chi connectivity index (χ1) is 7.68. The Morgan fingerprint density at radius 2 is 2.12 bits per heavy atom. The van der Waals surface area contributed by atoms with E-state index < -0.39 is 5.91 Å². The highest BCUT2D eigenvalue weighted by atomic mass is 35.5. The summed E-state index contributed by atoms with van der Waals surface area (Å²) >= 11 is 5.74. The van der Waals surface area contributed by atoms with Crippen molar-refractivity contribution in [3.63, 3.8) is 0 Å². The minimum absolute atomic E-state index is 0.217. The summed E-state index contributed by atoms with van der Waals surface area (Å²) < 4.78 is 5.24. The van der Waals surface area contributed by atoms with E-state index in [1.165, 1.54) is 0 Å². The van der Waals surface area contributed by atoms with E-state index in [1.54, 1.807) is 12.1 Å². The normalized spacial score (nSPS) is 16.2. The topological polar surface area (TPSA) is 68.5 Å². The van der Waals surface area contributed by atoms with Gasteiger partial charge in [0.15, 0.2) is 5.69 Å². The number of anilines is 1. The highest BCUT2D eigenvalue weighted by Crippen LogP contribution is 2.21. The third-order valence-corrected chi connectivity index (χ3v) is 2.64. The van der Waals surface area contributed by atoms with Gasteiger partial charge in [0, 0.05) is 13.1 Å². The standard InChI is InChI=1S/C10H12ClN3O2/c11-8-2-1-7(9(13-8)10(12)15)14-3-5-16-6-4-14/h1-2H,3-6H2,(H2,12,15). The van der Waals surface area contributed by atoms with E-state index >= 15 is 0 Å². The SMILES string of the molecule is NC(=O)c1nc(Cl)ccc1N1CCOCC1. The van der Waals surface area contributed by atoms with Gasteiger partial charge in [-0.1, -0.05) is 11.6 Å². The smallest absolute Gasteiger partial charge is 0.269 e. The molecule has 1 saturated heterocycles. The molecule has 16 heavy (non-hydrogen) atoms. The van der Waals surface area contributed by atoms with Crippen molar-refractivity contribution >= 4 is 23.2 Å². The zero-order valence-electron chi connectivity index (χ0n) is 8.65. The first-order valence-electron chi connectivity index (χ1n) is 4.97. The monoisotopic (exact) mass is 241 g/mol. The number of carbonyl (C=O) groups excluding carboxylic acids is 1. The predicted molar refractivity (Wildman–Crippen MR) is 60.8 cm³/mol. The van der Waals surface area contributed by atoms with Gasteiger partial charge in [0.25, 0.3) is 5.91 Å². The average Bonchev–Trinajstić information content (AvgIpc) is 2.30. The van der Waals surface area contributed by atoms with Crippen LogP contribution < -0.4 is 10.6 Å². The minimum Gasteiger partial charge on any atom is -0.378 e. The number of rotatable bonds is 2. The summed E-state index contributed by atoms with van der Waals surface area (Å²) in [5.74, 6) is -0.566. The fourth-order valence-electron chi connectivity index (χ4n) is 1.67. The van der Waals surface area contributed by atoms with Crippen molar-refractivity contribution in [1.82, 2.24) is 4.98 Å². The number of aromatic nitrogens is 1. The van der Waals surface area contributed by atoms with Gasteiger partial charge in [-0.15, -0.1) is 0 Å². The second-order valence-corrected chi connectivity index (χ2v) is 3.85. The first kappa shape index (κ1) is 11.2. The molecule has 0 aromatic carbocycles. The van der Waals surface area contributed by atoms with E-state index in [0.29, 0.717) is 13.2 Å². The zero-order chi connectivity index (χ0) is 11.5. The van der Waals surface area contributed by atoms with Gasteiger partial charge >= 0.3 is 0 Å². The molecule has 1 aromatic rings. The molecule has 0 aliphatic carbocycles. The van der Waals surface area contributed by atoms with Crippen LogP contribution in [0.5, 0.6) is 0 Å². The van der Waals surface area contributed by atoms with Crippen LogP contribution in [0.3, 0.4) is 0 Å². The molecule has 0 radical (unpaired) electrons. The number of halogens is 1. The number of carbonyl (C=O) groups is 1. The van der Waals surface area contributed by atoms with E-state index in [4.69, 9.17) is 22.1 Å². The van der Waals surface area contributed by atoms with Gasteiger partial charge in [0.05, 0.1) is 18.9 Å². The van der Waals surface area contributed by atoms with Crippen LogP contribution in [0.15, 0.2) is 12.1 Å². The fraction of sp³-hybridized carbons (Fsp3) is 0.400. The number of nitrogens with two attached hydrogens (primary N) is 1. The number of amides is 1. The molecule has 1 amide bonds. The van der Waals surface area contributed by atoms with Gasteiger partial charge in [-0.05, 0) is 12.1 Å². The molecule has 2 rings (SSSR count). The molecule has 5 nitrogen and oxygen atoms in total. The van der Waals surface area contributed by atoms with E-state index in [-0.39, 0.29) is 10.8 Å². The summed E-state index contributed by atoms with van der Waals surface area (Å²) in [4.78, 5) is 17.2. The Kier molecular flexibility index (Phi) is 3.26. The second kappa shape index (κ2) is 4.67. The van der Waals surface area contributed by atoms with Crippen LogP contribution in [0, 0.1) is 0 Å². The van der Waals surface area contributed by atoms with Gasteiger partial charge in [0.1, 0.15) is 5.15 Å². The van der Waals surface area contributed by atoms with Gasteiger partial charge < -0.3 is 15.4 Å². The maximum atomic E-state index is 11.3. The lowest BCUT2D eigenvalue weighted by Crippen LogP contribution is -2.37. The van der Waals surface area contributed by atoms with E-state index in [1.807, 2.05) is 4.90 Å². The maximum absolute atomic E-state index is 11.3. The number of morpholine rings is 1. The molecule has 1 aliphatic heterocycles. The van der Waals surface area contributed by atoms with Crippen molar-refractivity contribution in [1.29, 1.82) is 0 Å². The number of pyridine rings is 1. The molecule has 86 valence electrons. The van der Waals surface area contributed by atoms with Gasteiger partial charge in [-0.25, -0.2) is 4.98 Å². The van der Waals surface area contributed by atoms with Crippen molar-refractivity contribution in [3.8, 4) is 0 Å². The van der Waals surface area contributed by atoms with Crippen molar-refractivity contribution in [2.45, 2.75) is 0 Å². The highest BCUT2D eigenvalue weighted by molar-refractivity contribution is 6.29. The lowest BCUT2D eigenvalue weighted by atomic mass is 10.2. The van der Waals surface area contributed by atoms with Crippen LogP contribution in [0.4, 0.5) is 5.69 Å². The lowest BCUT2D eigenvalue weighted by Gasteiger charge is -2.29. The largest absolute Gasteiger partial charge is 0.378 e. The fourth-order valence-corrected chi connectivity index (χ4v) is 1.82. The summed E-state index contributed by atoms with van der Waals surface area (Å²) in [5.41, 5.74) is 6.21.